The third-order valence-electron chi connectivity index (χ3n) is 3.16. The number of hydrogen-bond acceptors (Lipinski definition) is 5. The summed E-state index contributed by atoms with van der Waals surface area (Å²) in [6.45, 7) is 6.70. The molecule has 2 heterocycles. The number of rotatable bonds is 3. The number of aromatic nitrogens is 2. The lowest BCUT2D eigenvalue weighted by Gasteiger charge is -2.29. The number of ether oxygens (including phenoxy) is 1. The number of nitrogens with one attached hydrogen (secondary N) is 1. The Bertz CT molecular complexity index is 483. The molecule has 0 saturated heterocycles. The van der Waals surface area contributed by atoms with Crippen LogP contribution in [-0.2, 0) is 22.6 Å². The first-order valence-electron chi connectivity index (χ1n) is 6.29. The lowest BCUT2D eigenvalue weighted by molar-refractivity contribution is -0.140. The van der Waals surface area contributed by atoms with Crippen molar-refractivity contribution in [2.45, 2.75) is 39.8 Å². The minimum atomic E-state index is -0.892. The quantitative estimate of drug-likeness (QED) is 0.860. The third-order valence-corrected chi connectivity index (χ3v) is 3.16. The summed E-state index contributed by atoms with van der Waals surface area (Å²) in [7, 11) is 0. The molecule has 6 heteroatoms. The molecule has 0 unspecified atom stereocenters. The fraction of sp³-hybridized carbons (Fsp3) is 0.615. The number of carboxylic acids is 1. The average molecular weight is 265 g/mol. The van der Waals surface area contributed by atoms with Crippen LogP contribution >= 0.6 is 0 Å². The normalized spacial score (nSPS) is 16.6. The van der Waals surface area contributed by atoms with Gasteiger partial charge in [-0.25, -0.2) is 14.8 Å². The highest BCUT2D eigenvalue weighted by Gasteiger charge is 2.32. The molecule has 19 heavy (non-hydrogen) atoms. The zero-order valence-electron chi connectivity index (χ0n) is 11.4. The maximum atomic E-state index is 11.4. The van der Waals surface area contributed by atoms with Gasteiger partial charge in [0.05, 0.1) is 18.9 Å². The summed E-state index contributed by atoms with van der Waals surface area (Å²) in [4.78, 5) is 19.8. The highest BCUT2D eigenvalue weighted by molar-refractivity contribution is 5.78. The van der Waals surface area contributed by atoms with Crippen molar-refractivity contribution in [2.24, 2.45) is 5.41 Å². The fourth-order valence-corrected chi connectivity index (χ4v) is 2.07. The molecule has 2 N–H and O–H groups in total. The summed E-state index contributed by atoms with van der Waals surface area (Å²) in [5.74, 6) is -0.330. The first kappa shape index (κ1) is 13.7. The van der Waals surface area contributed by atoms with Crippen molar-refractivity contribution in [3.8, 4) is 0 Å². The predicted molar refractivity (Wildman–Crippen MR) is 69.9 cm³/mol. The van der Waals surface area contributed by atoms with Gasteiger partial charge in [-0.3, -0.25) is 0 Å². The molecule has 0 spiro atoms. The smallest absolute Gasteiger partial charge is 0.326 e. The van der Waals surface area contributed by atoms with Gasteiger partial charge in [0.25, 0.3) is 0 Å². The van der Waals surface area contributed by atoms with Gasteiger partial charge in [0.2, 0.25) is 0 Å². The monoisotopic (exact) mass is 265 g/mol. The van der Waals surface area contributed by atoms with E-state index in [1.165, 1.54) is 6.33 Å². The average Bonchev–Trinajstić information content (AvgIpc) is 2.34. The maximum Gasteiger partial charge on any atom is 0.326 e. The molecule has 0 amide bonds. The molecule has 1 aromatic heterocycles. The van der Waals surface area contributed by atoms with Crippen LogP contribution in [0.1, 0.15) is 32.0 Å². The van der Waals surface area contributed by atoms with Crippen LogP contribution in [0.2, 0.25) is 0 Å². The largest absolute Gasteiger partial charge is 0.480 e. The first-order chi connectivity index (χ1) is 8.89. The second-order valence-electron chi connectivity index (χ2n) is 5.73. The van der Waals surface area contributed by atoms with Crippen LogP contribution in [0.3, 0.4) is 0 Å². The zero-order valence-corrected chi connectivity index (χ0v) is 11.4. The molecule has 0 saturated carbocycles. The van der Waals surface area contributed by atoms with Gasteiger partial charge >= 0.3 is 5.97 Å². The minimum absolute atomic E-state index is 0.417. The van der Waals surface area contributed by atoms with E-state index in [0.717, 1.165) is 17.7 Å². The summed E-state index contributed by atoms with van der Waals surface area (Å²) in [6.07, 6.45) is 2.20. The SMILES string of the molecule is CC(C)(C)[C@@H](Nc1ncnc2c1COCC2)C(=O)O. The summed E-state index contributed by atoms with van der Waals surface area (Å²) in [5, 5.41) is 12.4. The lowest BCUT2D eigenvalue weighted by atomic mass is 9.86. The fourth-order valence-electron chi connectivity index (χ4n) is 2.07. The topological polar surface area (TPSA) is 84.3 Å². The van der Waals surface area contributed by atoms with Gasteiger partial charge in [0, 0.05) is 12.0 Å². The molecule has 0 radical (unpaired) electrons. The van der Waals surface area contributed by atoms with E-state index in [2.05, 4.69) is 15.3 Å². The van der Waals surface area contributed by atoms with Gasteiger partial charge in [-0.05, 0) is 5.41 Å². The molecule has 104 valence electrons. The lowest BCUT2D eigenvalue weighted by Crippen LogP contribution is -2.41. The molecular formula is C13H19N3O3. The Morgan fingerprint density at radius 1 is 1.47 bits per heavy atom. The summed E-state index contributed by atoms with van der Waals surface area (Å²) in [5.41, 5.74) is 1.38. The van der Waals surface area contributed by atoms with Crippen molar-refractivity contribution in [3.63, 3.8) is 0 Å². The predicted octanol–water partition coefficient (Wildman–Crippen LogP) is 1.46. The molecule has 1 aliphatic rings. The Balaban J connectivity index is 2.30. The maximum absolute atomic E-state index is 11.4. The Labute approximate surface area is 112 Å². The van der Waals surface area contributed by atoms with E-state index in [0.29, 0.717) is 19.0 Å². The van der Waals surface area contributed by atoms with E-state index < -0.39 is 17.4 Å². The van der Waals surface area contributed by atoms with Crippen LogP contribution in [0.15, 0.2) is 6.33 Å². The van der Waals surface area contributed by atoms with Gasteiger partial charge in [-0.15, -0.1) is 0 Å². The van der Waals surface area contributed by atoms with E-state index >= 15 is 0 Å². The summed E-state index contributed by atoms with van der Waals surface area (Å²) < 4.78 is 5.40. The van der Waals surface area contributed by atoms with Crippen molar-refractivity contribution in [1.29, 1.82) is 0 Å². The molecule has 0 bridgehead atoms. The number of anilines is 1. The Morgan fingerprint density at radius 3 is 2.84 bits per heavy atom. The highest BCUT2D eigenvalue weighted by Crippen LogP contribution is 2.26. The number of fused-ring (bicyclic) bond motifs is 1. The third kappa shape index (κ3) is 3.01. The van der Waals surface area contributed by atoms with Crippen LogP contribution in [0.4, 0.5) is 5.82 Å². The van der Waals surface area contributed by atoms with E-state index in [9.17, 15) is 9.90 Å². The standard InChI is InChI=1S/C13H19N3O3/c1-13(2,3)10(12(17)18)16-11-8-6-19-5-4-9(8)14-7-15-11/h7,10H,4-6H2,1-3H3,(H,17,18)(H,14,15,16)/t10-/m0/s1. The molecule has 2 rings (SSSR count). The molecule has 0 aromatic carbocycles. The van der Waals surface area contributed by atoms with E-state index in [4.69, 9.17) is 4.74 Å². The van der Waals surface area contributed by atoms with Gasteiger partial charge in [0.1, 0.15) is 18.2 Å². The number of carbonyl (C=O) groups is 1. The van der Waals surface area contributed by atoms with E-state index in [1.807, 2.05) is 20.8 Å². The van der Waals surface area contributed by atoms with Gasteiger partial charge in [-0.2, -0.15) is 0 Å². The Hall–Kier alpha value is -1.69. The minimum Gasteiger partial charge on any atom is -0.480 e. The van der Waals surface area contributed by atoms with Gasteiger partial charge in [-0.1, -0.05) is 20.8 Å². The Morgan fingerprint density at radius 2 is 2.21 bits per heavy atom. The number of aliphatic carboxylic acids is 1. The van der Waals surface area contributed by atoms with Crippen LogP contribution in [0.5, 0.6) is 0 Å². The molecule has 1 aliphatic heterocycles. The molecule has 1 aromatic rings. The van der Waals surface area contributed by atoms with Crippen LogP contribution < -0.4 is 5.32 Å². The molecular weight excluding hydrogens is 246 g/mol. The molecule has 0 fully saturated rings. The van der Waals surface area contributed by atoms with Gasteiger partial charge < -0.3 is 15.2 Å². The van der Waals surface area contributed by atoms with Crippen molar-refractivity contribution in [3.05, 3.63) is 17.6 Å². The van der Waals surface area contributed by atoms with Crippen LogP contribution in [-0.4, -0.2) is 33.7 Å². The van der Waals surface area contributed by atoms with E-state index in [-0.39, 0.29) is 0 Å². The number of nitrogens with zero attached hydrogens (tertiary/aromatic N) is 2. The molecule has 1 atom stereocenters. The van der Waals surface area contributed by atoms with Crippen molar-refractivity contribution >= 4 is 11.8 Å². The number of hydrogen-bond donors (Lipinski definition) is 2. The van der Waals surface area contributed by atoms with E-state index in [1.54, 1.807) is 0 Å². The number of carboxylic acid groups (broad SMARTS) is 1. The van der Waals surface area contributed by atoms with Crippen LogP contribution in [0.25, 0.3) is 0 Å². The van der Waals surface area contributed by atoms with Crippen LogP contribution in [0, 0.1) is 5.41 Å². The molecule has 0 aliphatic carbocycles. The second-order valence-corrected chi connectivity index (χ2v) is 5.73. The van der Waals surface area contributed by atoms with Crippen molar-refractivity contribution in [2.75, 3.05) is 11.9 Å². The van der Waals surface area contributed by atoms with Crippen molar-refractivity contribution < 1.29 is 14.6 Å². The molecule has 6 nitrogen and oxygen atoms in total. The highest BCUT2D eigenvalue weighted by atomic mass is 16.5. The summed E-state index contributed by atoms with van der Waals surface area (Å²) >= 11 is 0. The zero-order chi connectivity index (χ0) is 14.0. The second kappa shape index (κ2) is 5.13. The Kier molecular flexibility index (Phi) is 3.71. The summed E-state index contributed by atoms with van der Waals surface area (Å²) in [6, 6.07) is -0.714. The first-order valence-corrected chi connectivity index (χ1v) is 6.29. The van der Waals surface area contributed by atoms with Gasteiger partial charge in [0.15, 0.2) is 0 Å². The van der Waals surface area contributed by atoms with Crippen molar-refractivity contribution in [1.82, 2.24) is 9.97 Å².